The van der Waals surface area contributed by atoms with E-state index in [0.717, 1.165) is 30.6 Å². The first-order valence-corrected chi connectivity index (χ1v) is 8.61. The van der Waals surface area contributed by atoms with Crippen LogP contribution in [0.2, 0.25) is 0 Å². The third-order valence-electron chi connectivity index (χ3n) is 4.82. The summed E-state index contributed by atoms with van der Waals surface area (Å²) in [7, 11) is 0. The van der Waals surface area contributed by atoms with Gasteiger partial charge in [-0.25, -0.2) is 0 Å². The van der Waals surface area contributed by atoms with Gasteiger partial charge in [0.2, 0.25) is 0 Å². The highest BCUT2D eigenvalue weighted by Gasteiger charge is 2.24. The van der Waals surface area contributed by atoms with E-state index in [9.17, 15) is 9.90 Å². The second-order valence-corrected chi connectivity index (χ2v) is 6.45. The molecule has 0 heterocycles. The number of aliphatic carboxylic acids is 1. The molecule has 0 unspecified atom stereocenters. The second-order valence-electron chi connectivity index (χ2n) is 6.45. The fourth-order valence-corrected chi connectivity index (χ4v) is 3.42. The minimum absolute atomic E-state index is 0.0372. The van der Waals surface area contributed by atoms with E-state index in [1.54, 1.807) is 6.92 Å². The molecule has 0 amide bonds. The second kappa shape index (κ2) is 8.21. The maximum absolute atomic E-state index is 11.3. The Balaban J connectivity index is 2.09. The zero-order valence-electron chi connectivity index (χ0n) is 13.8. The molecule has 0 bridgehead atoms. The van der Waals surface area contributed by atoms with E-state index >= 15 is 0 Å². The van der Waals surface area contributed by atoms with Gasteiger partial charge in [-0.05, 0) is 55.7 Å². The van der Waals surface area contributed by atoms with Crippen molar-refractivity contribution in [3.05, 3.63) is 29.8 Å². The normalized spacial score (nSPS) is 19.2. The molecule has 1 aromatic carbocycles. The average Bonchev–Trinajstić information content (AvgIpc) is 2.77. The van der Waals surface area contributed by atoms with Gasteiger partial charge in [-0.15, -0.1) is 0 Å². The molecule has 122 valence electrons. The van der Waals surface area contributed by atoms with Crippen molar-refractivity contribution in [2.75, 3.05) is 0 Å². The number of carboxylic acids is 1. The Labute approximate surface area is 133 Å². The Kier molecular flexibility index (Phi) is 6.29. The Hall–Kier alpha value is -1.51. The number of benzene rings is 1. The zero-order valence-corrected chi connectivity index (χ0v) is 13.8. The van der Waals surface area contributed by atoms with Crippen molar-refractivity contribution in [2.24, 2.45) is 5.92 Å². The summed E-state index contributed by atoms with van der Waals surface area (Å²) in [4.78, 5) is 11.3. The third-order valence-corrected chi connectivity index (χ3v) is 4.82. The van der Waals surface area contributed by atoms with Crippen molar-refractivity contribution in [3.63, 3.8) is 0 Å². The number of hydrogen-bond donors (Lipinski definition) is 1. The van der Waals surface area contributed by atoms with Crippen molar-refractivity contribution in [2.45, 2.75) is 70.8 Å². The van der Waals surface area contributed by atoms with Gasteiger partial charge in [0.15, 0.2) is 0 Å². The first-order chi connectivity index (χ1) is 10.6. The first kappa shape index (κ1) is 16.9. The van der Waals surface area contributed by atoms with Crippen LogP contribution in [0.4, 0.5) is 0 Å². The predicted octanol–water partition coefficient (Wildman–Crippen LogP) is 5.00. The minimum atomic E-state index is -0.734. The number of hydrogen-bond acceptors (Lipinski definition) is 2. The summed E-state index contributed by atoms with van der Waals surface area (Å²) in [6.07, 6.45) is 8.52. The molecule has 2 rings (SSSR count). The summed E-state index contributed by atoms with van der Waals surface area (Å²) in [5.74, 6) is -0.185. The van der Waals surface area contributed by atoms with E-state index in [-0.39, 0.29) is 11.8 Å². The Morgan fingerprint density at radius 1 is 1.27 bits per heavy atom. The van der Waals surface area contributed by atoms with Crippen LogP contribution in [0, 0.1) is 5.92 Å². The summed E-state index contributed by atoms with van der Waals surface area (Å²) in [6, 6.07) is 8.04. The highest BCUT2D eigenvalue weighted by Crippen LogP contribution is 2.31. The summed E-state index contributed by atoms with van der Waals surface area (Å²) in [5, 5.41) is 9.28. The van der Waals surface area contributed by atoms with Crippen LogP contribution in [0.15, 0.2) is 24.3 Å². The van der Waals surface area contributed by atoms with Gasteiger partial charge in [0, 0.05) is 0 Å². The molecule has 0 aromatic heterocycles. The smallest absolute Gasteiger partial charge is 0.306 e. The minimum Gasteiger partial charge on any atom is -0.490 e. The maximum Gasteiger partial charge on any atom is 0.306 e. The molecule has 22 heavy (non-hydrogen) atoms. The van der Waals surface area contributed by atoms with Crippen LogP contribution < -0.4 is 4.74 Å². The molecular weight excluding hydrogens is 276 g/mol. The quantitative estimate of drug-likeness (QED) is 0.752. The molecule has 0 radical (unpaired) electrons. The van der Waals surface area contributed by atoms with Gasteiger partial charge in [-0.2, -0.15) is 0 Å². The van der Waals surface area contributed by atoms with Crippen LogP contribution in [0.25, 0.3) is 0 Å². The monoisotopic (exact) mass is 304 g/mol. The Bertz CT molecular complexity index is 475. The van der Waals surface area contributed by atoms with Gasteiger partial charge < -0.3 is 9.84 Å². The summed E-state index contributed by atoms with van der Waals surface area (Å²) in [6.45, 7) is 3.83. The lowest BCUT2D eigenvalue weighted by molar-refractivity contribution is -0.141. The van der Waals surface area contributed by atoms with Gasteiger partial charge in [0.25, 0.3) is 0 Å². The van der Waals surface area contributed by atoms with Crippen LogP contribution in [-0.4, -0.2) is 17.2 Å². The third kappa shape index (κ3) is 4.49. The van der Waals surface area contributed by atoms with Gasteiger partial charge in [0.05, 0.1) is 12.0 Å². The van der Waals surface area contributed by atoms with E-state index in [0.29, 0.717) is 6.10 Å². The average molecular weight is 304 g/mol. The number of ether oxygens (including phenoxy) is 1. The molecule has 1 aliphatic rings. The van der Waals surface area contributed by atoms with Crippen molar-refractivity contribution in [3.8, 4) is 5.75 Å². The summed E-state index contributed by atoms with van der Waals surface area (Å²) < 4.78 is 6.16. The topological polar surface area (TPSA) is 46.5 Å². The van der Waals surface area contributed by atoms with Crippen molar-refractivity contribution in [1.29, 1.82) is 0 Å². The molecular formula is C19H28O3. The zero-order chi connectivity index (χ0) is 15.9. The molecule has 0 saturated heterocycles. The highest BCUT2D eigenvalue weighted by molar-refractivity contribution is 5.71. The highest BCUT2D eigenvalue weighted by atomic mass is 16.5. The SMILES string of the molecule is CC[C@H](c1cccc(OC2CCCCCC2)c1)[C@@H](C)C(=O)O. The molecule has 2 atom stereocenters. The number of carboxylic acid groups (broad SMARTS) is 1. The number of carbonyl (C=O) groups is 1. The molecule has 1 aromatic rings. The summed E-state index contributed by atoms with van der Waals surface area (Å²) in [5.41, 5.74) is 1.07. The largest absolute Gasteiger partial charge is 0.490 e. The van der Waals surface area contributed by atoms with Crippen molar-refractivity contribution in [1.82, 2.24) is 0 Å². The fraction of sp³-hybridized carbons (Fsp3) is 0.632. The molecule has 1 aliphatic carbocycles. The molecule has 1 N–H and O–H groups in total. The van der Waals surface area contributed by atoms with Crippen LogP contribution in [0.1, 0.15) is 70.3 Å². The molecule has 1 fully saturated rings. The molecule has 3 nitrogen and oxygen atoms in total. The fourth-order valence-electron chi connectivity index (χ4n) is 3.42. The maximum atomic E-state index is 11.3. The van der Waals surface area contributed by atoms with Crippen LogP contribution in [-0.2, 0) is 4.79 Å². The van der Waals surface area contributed by atoms with Crippen molar-refractivity contribution < 1.29 is 14.6 Å². The summed E-state index contributed by atoms with van der Waals surface area (Å²) >= 11 is 0. The van der Waals surface area contributed by atoms with Gasteiger partial charge >= 0.3 is 5.97 Å². The van der Waals surface area contributed by atoms with E-state index in [1.165, 1.54) is 25.7 Å². The first-order valence-electron chi connectivity index (χ1n) is 8.61. The van der Waals surface area contributed by atoms with E-state index in [1.807, 2.05) is 31.2 Å². The molecule has 0 aliphatic heterocycles. The van der Waals surface area contributed by atoms with Crippen LogP contribution in [0.3, 0.4) is 0 Å². The predicted molar refractivity (Wildman–Crippen MR) is 88.4 cm³/mol. The lowest BCUT2D eigenvalue weighted by Gasteiger charge is -2.22. The Morgan fingerprint density at radius 2 is 1.95 bits per heavy atom. The van der Waals surface area contributed by atoms with Gasteiger partial charge in [-0.1, -0.05) is 38.8 Å². The molecule has 0 spiro atoms. The molecule has 3 heteroatoms. The van der Waals surface area contributed by atoms with E-state index < -0.39 is 5.97 Å². The van der Waals surface area contributed by atoms with E-state index in [2.05, 4.69) is 0 Å². The van der Waals surface area contributed by atoms with Crippen molar-refractivity contribution >= 4 is 5.97 Å². The lowest BCUT2D eigenvalue weighted by Crippen LogP contribution is -2.19. The van der Waals surface area contributed by atoms with E-state index in [4.69, 9.17) is 4.74 Å². The standard InChI is InChI=1S/C19H28O3/c1-3-18(14(2)19(20)21)15-9-8-12-17(13-15)22-16-10-6-4-5-7-11-16/h8-9,12-14,16,18H,3-7,10-11H2,1-2H3,(H,20,21)/t14-,18+/m1/s1. The van der Waals surface area contributed by atoms with Crippen LogP contribution in [0.5, 0.6) is 5.75 Å². The van der Waals surface area contributed by atoms with Crippen LogP contribution >= 0.6 is 0 Å². The molecule has 1 saturated carbocycles. The number of rotatable bonds is 6. The Morgan fingerprint density at radius 3 is 2.55 bits per heavy atom. The van der Waals surface area contributed by atoms with Gasteiger partial charge in [0.1, 0.15) is 5.75 Å². The van der Waals surface area contributed by atoms with Gasteiger partial charge in [-0.3, -0.25) is 4.79 Å². The lowest BCUT2D eigenvalue weighted by atomic mass is 9.85.